The fourth-order valence-corrected chi connectivity index (χ4v) is 6.60. The van der Waals surface area contributed by atoms with Crippen LogP contribution in [0.25, 0.3) is 55.0 Å². The van der Waals surface area contributed by atoms with Gasteiger partial charge in [-0.3, -0.25) is 9.78 Å². The number of aryl methyl sites for hydroxylation is 1. The molecule has 6 rings (SSSR count). The Morgan fingerprint density at radius 2 is 1.52 bits per heavy atom. The number of aliphatic hydroxyl groups excluding tert-OH is 1. The molecule has 0 amide bonds. The number of fused-ring (bicyclic) bond motifs is 6. The van der Waals surface area contributed by atoms with Crippen LogP contribution in [0.3, 0.4) is 0 Å². The van der Waals surface area contributed by atoms with Gasteiger partial charge in [-0.15, -0.1) is 18.2 Å². The Bertz CT molecular complexity index is 2240. The third-order valence-corrected chi connectivity index (χ3v) is 11.3. The Kier molecular flexibility index (Phi) is 12.9. The van der Waals surface area contributed by atoms with Gasteiger partial charge >= 0.3 is 0 Å². The van der Waals surface area contributed by atoms with E-state index in [2.05, 4.69) is 69.1 Å². The number of hydrogen-bond donors (Lipinski definition) is 1. The average Bonchev–Trinajstić information content (AvgIpc) is 3.51. The first kappa shape index (κ1) is 40.8. The predicted octanol–water partition coefficient (Wildman–Crippen LogP) is 12.7. The number of rotatable bonds is 10. The van der Waals surface area contributed by atoms with E-state index in [1.165, 1.54) is 28.0 Å². The average molecular weight is 877 g/mol. The van der Waals surface area contributed by atoms with Crippen LogP contribution in [0.15, 0.2) is 71.1 Å². The van der Waals surface area contributed by atoms with Gasteiger partial charge in [0, 0.05) is 59.2 Å². The molecule has 7 heteroatoms. The van der Waals surface area contributed by atoms with Crippen molar-refractivity contribution in [3.05, 3.63) is 89.6 Å². The molecule has 0 saturated carbocycles. The molecule has 1 radical (unpaired) electrons. The normalized spacial score (nSPS) is 12.5. The minimum absolute atomic E-state index is 0. The number of furan rings is 1. The smallest absolute Gasteiger partial charge is 0.216 e. The zero-order valence-electron chi connectivity index (χ0n) is 32.7. The Morgan fingerprint density at radius 3 is 2.13 bits per heavy atom. The summed E-state index contributed by atoms with van der Waals surface area (Å²) in [6.45, 7) is 23.0. The number of carbonyl (C=O) groups excluding carboxylic acids is 1. The molecule has 52 heavy (non-hydrogen) atoms. The standard InChI is InChI=1S/C30H26N3O.C15H28O2.Ir/c1-16(2)20-13-19-10-12-23-27(31-15-32-28(23)26(19)25(14-20)17(3)4)24-8-6-7-21-22-11-9-18(5)33-30(22)34-29(21)24;1-7-14(5,8-2)12(16)11-13(17)15(6,9-3)10-4;/h6-7,9-17H,1-5H3;11,16H,7-10H2,1-6H3;/q-1;;/b;12-11-;. The maximum absolute atomic E-state index is 12.2. The van der Waals surface area contributed by atoms with Gasteiger partial charge in [0.1, 0.15) is 12.1 Å². The summed E-state index contributed by atoms with van der Waals surface area (Å²) in [5.74, 6) is 1.13. The molecule has 0 aliphatic heterocycles. The van der Waals surface area contributed by atoms with Crippen molar-refractivity contribution in [2.75, 3.05) is 0 Å². The zero-order valence-corrected chi connectivity index (χ0v) is 35.1. The summed E-state index contributed by atoms with van der Waals surface area (Å²) in [7, 11) is 0. The molecule has 0 saturated heterocycles. The van der Waals surface area contributed by atoms with Crippen LogP contribution in [0.5, 0.6) is 0 Å². The molecule has 3 heterocycles. The minimum Gasteiger partial charge on any atom is -0.512 e. The second-order valence-electron chi connectivity index (χ2n) is 15.1. The molecule has 3 aromatic heterocycles. The molecule has 3 aromatic carbocycles. The van der Waals surface area contributed by atoms with Gasteiger partial charge in [-0.2, -0.15) is 0 Å². The van der Waals surface area contributed by atoms with Gasteiger partial charge in [0.15, 0.2) is 5.78 Å². The molecule has 1 N–H and O–H groups in total. The Hall–Kier alpha value is -3.93. The van der Waals surface area contributed by atoms with Crippen LogP contribution < -0.4 is 0 Å². The van der Waals surface area contributed by atoms with E-state index >= 15 is 0 Å². The fraction of sp³-hybridized carbons (Fsp3) is 0.422. The van der Waals surface area contributed by atoms with E-state index in [-0.39, 0.29) is 42.5 Å². The molecule has 0 aliphatic carbocycles. The summed E-state index contributed by atoms with van der Waals surface area (Å²) in [5.41, 5.74) is 7.04. The number of carbonyl (C=O) groups is 1. The minimum atomic E-state index is -0.337. The van der Waals surface area contributed by atoms with Gasteiger partial charge in [0.25, 0.3) is 0 Å². The van der Waals surface area contributed by atoms with Gasteiger partial charge in [-0.25, -0.2) is 9.97 Å². The van der Waals surface area contributed by atoms with Crippen molar-refractivity contribution in [3.63, 3.8) is 0 Å². The molecule has 0 unspecified atom stereocenters. The van der Waals surface area contributed by atoms with E-state index in [4.69, 9.17) is 14.4 Å². The fourth-order valence-electron chi connectivity index (χ4n) is 6.60. The van der Waals surface area contributed by atoms with Gasteiger partial charge in [-0.05, 0) is 78.5 Å². The summed E-state index contributed by atoms with van der Waals surface area (Å²) in [4.78, 5) is 26.3. The van der Waals surface area contributed by atoms with Crippen molar-refractivity contribution in [2.24, 2.45) is 10.8 Å². The van der Waals surface area contributed by atoms with Crippen molar-refractivity contribution in [1.82, 2.24) is 15.0 Å². The van der Waals surface area contributed by atoms with Gasteiger partial charge < -0.3 is 9.52 Å². The van der Waals surface area contributed by atoms with E-state index in [1.807, 2.05) is 66.7 Å². The number of aliphatic hydroxyl groups is 1. The van der Waals surface area contributed by atoms with Crippen LogP contribution >= 0.6 is 0 Å². The number of pyridine rings is 1. The molecule has 0 spiro atoms. The molecule has 277 valence electrons. The molecule has 6 aromatic rings. The summed E-state index contributed by atoms with van der Waals surface area (Å²) in [6, 6.07) is 20.4. The summed E-state index contributed by atoms with van der Waals surface area (Å²) in [5, 5.41) is 15.6. The molecule has 6 nitrogen and oxygen atoms in total. The number of allylic oxidation sites excluding steroid dienone is 2. The van der Waals surface area contributed by atoms with E-state index in [0.29, 0.717) is 17.5 Å². The van der Waals surface area contributed by atoms with E-state index in [9.17, 15) is 9.90 Å². The summed E-state index contributed by atoms with van der Waals surface area (Å²) < 4.78 is 6.26. The number of nitrogens with zero attached hydrogens (tertiary/aromatic N) is 3. The van der Waals surface area contributed by atoms with Crippen LogP contribution in [0.4, 0.5) is 0 Å². The summed E-state index contributed by atoms with van der Waals surface area (Å²) in [6.07, 6.45) is 6.42. The third-order valence-electron chi connectivity index (χ3n) is 11.3. The second-order valence-corrected chi connectivity index (χ2v) is 15.1. The Morgan fingerprint density at radius 1 is 0.865 bits per heavy atom. The molecule has 0 aliphatic rings. The van der Waals surface area contributed by atoms with Crippen LogP contribution in [0, 0.1) is 23.8 Å². The van der Waals surface area contributed by atoms with Gasteiger partial charge in [0.2, 0.25) is 5.71 Å². The number of benzene rings is 3. The first-order valence-corrected chi connectivity index (χ1v) is 18.6. The number of ketones is 1. The zero-order chi connectivity index (χ0) is 37.2. The van der Waals surface area contributed by atoms with Crippen molar-refractivity contribution in [3.8, 4) is 11.3 Å². The third kappa shape index (κ3) is 7.72. The van der Waals surface area contributed by atoms with E-state index < -0.39 is 0 Å². The molecule has 0 atom stereocenters. The first-order chi connectivity index (χ1) is 24.2. The second kappa shape index (κ2) is 16.4. The van der Waals surface area contributed by atoms with Crippen molar-refractivity contribution in [1.29, 1.82) is 0 Å². The molecular weight excluding hydrogens is 823 g/mol. The Balaban J connectivity index is 0.000000289. The van der Waals surface area contributed by atoms with Crippen molar-refractivity contribution < 1.29 is 34.4 Å². The van der Waals surface area contributed by atoms with E-state index in [0.717, 1.165) is 69.9 Å². The van der Waals surface area contributed by atoms with Gasteiger partial charge in [-0.1, -0.05) is 104 Å². The monoisotopic (exact) mass is 877 g/mol. The number of aromatic nitrogens is 3. The molecule has 0 fully saturated rings. The van der Waals surface area contributed by atoms with Crippen molar-refractivity contribution >= 4 is 49.5 Å². The van der Waals surface area contributed by atoms with Crippen LogP contribution in [0.1, 0.15) is 124 Å². The van der Waals surface area contributed by atoms with Crippen LogP contribution in [-0.2, 0) is 24.9 Å². The SMILES string of the molecule is CCC(C)(CC)C(=O)/C=C(\O)C(C)(CC)CC.Cc1ccc2c(n1)oc1c(-c3ncnc4c3ccc3cc(C(C)C)cc(C(C)C)c34)[c-]ccc12.[Ir]. The maximum atomic E-state index is 12.2. The topological polar surface area (TPSA) is 89.1 Å². The first-order valence-electron chi connectivity index (χ1n) is 18.6. The largest absolute Gasteiger partial charge is 0.512 e. The van der Waals surface area contributed by atoms with E-state index in [1.54, 1.807) is 6.33 Å². The van der Waals surface area contributed by atoms with Crippen molar-refractivity contribution in [2.45, 2.75) is 114 Å². The summed E-state index contributed by atoms with van der Waals surface area (Å²) >= 11 is 0. The predicted molar refractivity (Wildman–Crippen MR) is 212 cm³/mol. The van der Waals surface area contributed by atoms with Gasteiger partial charge in [0.05, 0.1) is 11.1 Å². The molecule has 0 bridgehead atoms. The Labute approximate surface area is 322 Å². The van der Waals surface area contributed by atoms with Crippen LogP contribution in [0.2, 0.25) is 0 Å². The quantitative estimate of drug-likeness (QED) is 0.0638. The molecular formula is C45H54IrN3O3-. The van der Waals surface area contributed by atoms with Crippen LogP contribution in [-0.4, -0.2) is 25.8 Å². The maximum Gasteiger partial charge on any atom is 0.216 e. The number of hydrogen-bond acceptors (Lipinski definition) is 6.